The number of aromatic hydroxyl groups is 1. The molecule has 170 valence electrons. The monoisotopic (exact) mass is 443 g/mol. The van der Waals surface area contributed by atoms with Crippen LogP contribution < -0.4 is 0 Å². The van der Waals surface area contributed by atoms with E-state index in [-0.39, 0.29) is 18.2 Å². The number of rotatable bonds is 5. The molecule has 4 nitrogen and oxygen atoms in total. The number of hydrogen-bond acceptors (Lipinski definition) is 3. The fourth-order valence-corrected chi connectivity index (χ4v) is 4.62. The van der Waals surface area contributed by atoms with Crippen molar-refractivity contribution in [1.29, 1.82) is 0 Å². The van der Waals surface area contributed by atoms with Gasteiger partial charge in [0, 0.05) is 48.6 Å². The molecular weight excluding hydrogens is 415 g/mol. The van der Waals surface area contributed by atoms with Crippen molar-refractivity contribution in [1.82, 2.24) is 14.7 Å². The topological polar surface area (TPSA) is 41.3 Å². The lowest BCUT2D eigenvalue weighted by molar-refractivity contribution is 0.0652. The van der Waals surface area contributed by atoms with Crippen LogP contribution in [0.1, 0.15) is 50.4 Å². The minimum atomic E-state index is -1.55. The molecule has 0 fully saturated rings. The van der Waals surface area contributed by atoms with Crippen molar-refractivity contribution in [3.05, 3.63) is 71.1 Å². The summed E-state index contributed by atoms with van der Waals surface area (Å²) in [5.41, 5.74) is 1.91. The average molecular weight is 444 g/mol. The van der Waals surface area contributed by atoms with E-state index in [1.807, 2.05) is 47.8 Å². The molecule has 2 heterocycles. The maximum Gasteiger partial charge on any atom is 0.134 e. The van der Waals surface area contributed by atoms with Crippen molar-refractivity contribution in [2.45, 2.75) is 58.4 Å². The second kappa shape index (κ2) is 8.28. The summed E-state index contributed by atoms with van der Waals surface area (Å²) in [5.74, 6) is -2.17. The highest BCUT2D eigenvalue weighted by Crippen LogP contribution is 2.42. The van der Waals surface area contributed by atoms with Crippen LogP contribution in [-0.4, -0.2) is 38.0 Å². The number of aryl methyl sites for hydroxylation is 1. The van der Waals surface area contributed by atoms with E-state index in [2.05, 4.69) is 5.10 Å². The molecule has 1 aliphatic rings. The lowest BCUT2D eigenvalue weighted by Gasteiger charge is -2.44. The summed E-state index contributed by atoms with van der Waals surface area (Å²) < 4.78 is 46.5. The van der Waals surface area contributed by atoms with Gasteiger partial charge in [0.05, 0.1) is 12.2 Å². The number of benzene rings is 2. The first-order chi connectivity index (χ1) is 15.1. The van der Waals surface area contributed by atoms with Gasteiger partial charge in [-0.15, -0.1) is 0 Å². The molecule has 0 aliphatic carbocycles. The van der Waals surface area contributed by atoms with Gasteiger partial charge >= 0.3 is 0 Å². The standard InChI is InChI=1S/C25H28F3N3O/c1-5-30-13-18(12-29-30)16-6-7-20-17(9-16)8-15(2)31(14-25(3,4)28)24(20)23-21(26)10-19(32)11-22(23)27/h6-7,9-13,15,24,32H,5,8,14H2,1-4H3/t15-,24+/m1/s1. The van der Waals surface area contributed by atoms with E-state index in [1.165, 1.54) is 13.8 Å². The molecule has 1 N–H and O–H groups in total. The third kappa shape index (κ3) is 4.26. The summed E-state index contributed by atoms with van der Waals surface area (Å²) in [5, 5.41) is 14.0. The van der Waals surface area contributed by atoms with Gasteiger partial charge < -0.3 is 5.11 Å². The molecule has 0 unspecified atom stereocenters. The predicted octanol–water partition coefficient (Wildman–Crippen LogP) is 5.64. The highest BCUT2D eigenvalue weighted by atomic mass is 19.1. The Hall–Kier alpha value is -2.80. The lowest BCUT2D eigenvalue weighted by Crippen LogP contribution is -2.48. The Morgan fingerprint density at radius 1 is 1.12 bits per heavy atom. The van der Waals surface area contributed by atoms with Crippen LogP contribution in [0.25, 0.3) is 11.1 Å². The molecule has 3 aromatic rings. The molecule has 1 aliphatic heterocycles. The second-order valence-electron chi connectivity index (χ2n) is 9.17. The lowest BCUT2D eigenvalue weighted by atomic mass is 9.82. The number of fused-ring (bicyclic) bond motifs is 1. The number of nitrogens with zero attached hydrogens (tertiary/aromatic N) is 3. The summed E-state index contributed by atoms with van der Waals surface area (Å²) in [6, 6.07) is 6.67. The first kappa shape index (κ1) is 22.4. The van der Waals surface area contributed by atoms with E-state index in [9.17, 15) is 18.3 Å². The van der Waals surface area contributed by atoms with Gasteiger partial charge in [0.25, 0.3) is 0 Å². The Balaban J connectivity index is 1.86. The van der Waals surface area contributed by atoms with Crippen LogP contribution in [-0.2, 0) is 13.0 Å². The Morgan fingerprint density at radius 3 is 2.41 bits per heavy atom. The number of hydrogen-bond donors (Lipinski definition) is 1. The van der Waals surface area contributed by atoms with Gasteiger partial charge in [0.1, 0.15) is 23.1 Å². The van der Waals surface area contributed by atoms with Gasteiger partial charge in [-0.25, -0.2) is 13.2 Å². The zero-order valence-electron chi connectivity index (χ0n) is 18.7. The third-order valence-corrected chi connectivity index (χ3v) is 6.04. The summed E-state index contributed by atoms with van der Waals surface area (Å²) in [4.78, 5) is 1.82. The molecule has 4 rings (SSSR count). The van der Waals surface area contributed by atoms with Crippen molar-refractivity contribution in [3.8, 4) is 16.9 Å². The first-order valence-corrected chi connectivity index (χ1v) is 10.9. The molecule has 0 amide bonds. The Morgan fingerprint density at radius 2 is 1.81 bits per heavy atom. The minimum absolute atomic E-state index is 0.0169. The Kier molecular flexibility index (Phi) is 5.79. The zero-order chi connectivity index (χ0) is 23.2. The van der Waals surface area contributed by atoms with Crippen LogP contribution in [0.5, 0.6) is 5.75 Å². The molecule has 0 saturated carbocycles. The summed E-state index contributed by atoms with van der Waals surface area (Å²) >= 11 is 0. The van der Waals surface area contributed by atoms with Gasteiger partial charge in [0.2, 0.25) is 0 Å². The van der Waals surface area contributed by atoms with Crippen molar-refractivity contribution < 1.29 is 18.3 Å². The molecule has 0 bridgehead atoms. The van der Waals surface area contributed by atoms with Crippen LogP contribution in [0.2, 0.25) is 0 Å². The number of phenolic OH excluding ortho intramolecular Hbond substituents is 1. The molecule has 0 spiro atoms. The molecule has 7 heteroatoms. The van der Waals surface area contributed by atoms with Crippen molar-refractivity contribution in [2.24, 2.45) is 0 Å². The molecular formula is C25H28F3N3O. The van der Waals surface area contributed by atoms with E-state index < -0.39 is 29.1 Å². The zero-order valence-corrected chi connectivity index (χ0v) is 18.7. The van der Waals surface area contributed by atoms with Gasteiger partial charge in [-0.3, -0.25) is 9.58 Å². The largest absolute Gasteiger partial charge is 0.508 e. The Labute approximate surface area is 186 Å². The smallest absolute Gasteiger partial charge is 0.134 e. The molecule has 1 aromatic heterocycles. The molecule has 0 radical (unpaired) electrons. The normalized spacial score (nSPS) is 19.2. The number of alkyl halides is 1. The predicted molar refractivity (Wildman–Crippen MR) is 118 cm³/mol. The van der Waals surface area contributed by atoms with E-state index in [0.29, 0.717) is 6.42 Å². The fourth-order valence-electron chi connectivity index (χ4n) is 4.62. The van der Waals surface area contributed by atoms with Crippen LogP contribution >= 0.6 is 0 Å². The second-order valence-corrected chi connectivity index (χ2v) is 9.17. The van der Waals surface area contributed by atoms with Gasteiger partial charge in [-0.1, -0.05) is 18.2 Å². The van der Waals surface area contributed by atoms with Crippen molar-refractivity contribution in [2.75, 3.05) is 6.54 Å². The van der Waals surface area contributed by atoms with E-state index >= 15 is 0 Å². The van der Waals surface area contributed by atoms with E-state index in [4.69, 9.17) is 0 Å². The maximum absolute atomic E-state index is 15.0. The molecule has 32 heavy (non-hydrogen) atoms. The fraction of sp³-hybridized carbons (Fsp3) is 0.400. The average Bonchev–Trinajstić information content (AvgIpc) is 3.17. The quantitative estimate of drug-likeness (QED) is 0.555. The SMILES string of the molecule is CCn1cc(-c2ccc3c(c2)C[C@@H](C)N(CC(C)(C)F)[C@@H]3c2c(F)cc(O)cc2F)cn1. The number of phenols is 1. The van der Waals surface area contributed by atoms with Gasteiger partial charge in [-0.2, -0.15) is 5.10 Å². The van der Waals surface area contributed by atoms with Gasteiger partial charge in [0.15, 0.2) is 0 Å². The molecule has 2 atom stereocenters. The van der Waals surface area contributed by atoms with E-state index in [0.717, 1.165) is 40.9 Å². The van der Waals surface area contributed by atoms with Crippen LogP contribution in [0.4, 0.5) is 13.2 Å². The van der Waals surface area contributed by atoms with E-state index in [1.54, 1.807) is 6.20 Å². The highest BCUT2D eigenvalue weighted by molar-refractivity contribution is 5.64. The van der Waals surface area contributed by atoms with Gasteiger partial charge in [-0.05, 0) is 50.8 Å². The summed E-state index contributed by atoms with van der Waals surface area (Å²) in [7, 11) is 0. The number of aromatic nitrogens is 2. The minimum Gasteiger partial charge on any atom is -0.508 e. The van der Waals surface area contributed by atoms with Crippen LogP contribution in [0, 0.1) is 11.6 Å². The summed E-state index contributed by atoms with van der Waals surface area (Å²) in [6.45, 7) is 7.66. The molecule has 0 saturated heterocycles. The Bertz CT molecular complexity index is 1110. The first-order valence-electron chi connectivity index (χ1n) is 10.9. The van der Waals surface area contributed by atoms with Crippen LogP contribution in [0.15, 0.2) is 42.7 Å². The van der Waals surface area contributed by atoms with Crippen molar-refractivity contribution >= 4 is 0 Å². The number of halogens is 3. The maximum atomic E-state index is 15.0. The highest BCUT2D eigenvalue weighted by Gasteiger charge is 2.39. The van der Waals surface area contributed by atoms with Crippen molar-refractivity contribution in [3.63, 3.8) is 0 Å². The summed E-state index contributed by atoms with van der Waals surface area (Å²) in [6.07, 6.45) is 4.38. The van der Waals surface area contributed by atoms with Crippen LogP contribution in [0.3, 0.4) is 0 Å². The third-order valence-electron chi connectivity index (χ3n) is 6.04. The molecule has 2 aromatic carbocycles.